The molecule has 0 aliphatic carbocycles. The van der Waals surface area contributed by atoms with Gasteiger partial charge in [0.2, 0.25) is 0 Å². The van der Waals surface area contributed by atoms with Gasteiger partial charge in [0, 0.05) is 5.02 Å². The van der Waals surface area contributed by atoms with E-state index in [0.717, 1.165) is 11.1 Å². The molecule has 2 aromatic carbocycles. The smallest absolute Gasteiger partial charge is 0.320 e. The van der Waals surface area contributed by atoms with Crippen LogP contribution in [0.4, 0.5) is 0 Å². The molecule has 0 aromatic heterocycles. The van der Waals surface area contributed by atoms with Gasteiger partial charge >= 0.3 is 11.9 Å². The first-order valence-electron chi connectivity index (χ1n) is 7.54. The van der Waals surface area contributed by atoms with Crippen molar-refractivity contribution in [3.05, 3.63) is 70.7 Å². The fraction of sp³-hybridized carbons (Fsp3) is 0.222. The van der Waals surface area contributed by atoms with Crippen molar-refractivity contribution in [3.8, 4) is 0 Å². The van der Waals surface area contributed by atoms with Crippen molar-refractivity contribution < 1.29 is 19.8 Å². The number of hydrogen-bond donors (Lipinski definition) is 4. The van der Waals surface area contributed by atoms with Crippen molar-refractivity contribution in [2.75, 3.05) is 0 Å². The summed E-state index contributed by atoms with van der Waals surface area (Å²) < 4.78 is 0. The van der Waals surface area contributed by atoms with E-state index in [9.17, 15) is 9.59 Å². The van der Waals surface area contributed by atoms with Crippen molar-refractivity contribution in [1.29, 1.82) is 0 Å². The molecule has 2 atom stereocenters. The van der Waals surface area contributed by atoms with Crippen LogP contribution in [0.1, 0.15) is 11.1 Å². The van der Waals surface area contributed by atoms with Gasteiger partial charge in [-0.25, -0.2) is 0 Å². The molecule has 25 heavy (non-hydrogen) atoms. The number of carbonyl (C=O) groups is 2. The highest BCUT2D eigenvalue weighted by Gasteiger charge is 2.12. The second-order valence-corrected chi connectivity index (χ2v) is 5.85. The highest BCUT2D eigenvalue weighted by Crippen LogP contribution is 2.11. The predicted octanol–water partition coefficient (Wildman–Crippen LogP) is 1.94. The molecule has 0 radical (unpaired) electrons. The van der Waals surface area contributed by atoms with Gasteiger partial charge in [-0.3, -0.25) is 9.59 Å². The second-order valence-electron chi connectivity index (χ2n) is 5.41. The summed E-state index contributed by atoms with van der Waals surface area (Å²) in [7, 11) is 0. The van der Waals surface area contributed by atoms with Gasteiger partial charge in [0.25, 0.3) is 0 Å². The molecule has 7 heteroatoms. The van der Waals surface area contributed by atoms with E-state index in [4.69, 9.17) is 33.3 Å². The minimum Gasteiger partial charge on any atom is -0.480 e. The Morgan fingerprint density at radius 1 is 0.840 bits per heavy atom. The van der Waals surface area contributed by atoms with Crippen LogP contribution in [0.2, 0.25) is 5.02 Å². The maximum atomic E-state index is 10.4. The molecule has 0 amide bonds. The molecule has 0 heterocycles. The van der Waals surface area contributed by atoms with Crippen molar-refractivity contribution in [2.24, 2.45) is 11.5 Å². The molecule has 0 unspecified atom stereocenters. The zero-order valence-corrected chi connectivity index (χ0v) is 14.3. The zero-order chi connectivity index (χ0) is 18.8. The van der Waals surface area contributed by atoms with Crippen molar-refractivity contribution in [3.63, 3.8) is 0 Å². The number of hydrogen-bond acceptors (Lipinski definition) is 4. The number of halogens is 1. The number of nitrogens with two attached hydrogens (primary N) is 2. The normalized spacial score (nSPS) is 12.4. The molecule has 0 fully saturated rings. The summed E-state index contributed by atoms with van der Waals surface area (Å²) >= 11 is 5.72. The Hall–Kier alpha value is -2.41. The Balaban J connectivity index is 0.000000251. The number of carboxylic acids is 2. The highest BCUT2D eigenvalue weighted by atomic mass is 35.5. The number of aliphatic carboxylic acids is 2. The average Bonchev–Trinajstić information content (AvgIpc) is 2.56. The minimum atomic E-state index is -1.00. The lowest BCUT2D eigenvalue weighted by Gasteiger charge is -2.05. The van der Waals surface area contributed by atoms with E-state index in [2.05, 4.69) is 0 Å². The van der Waals surface area contributed by atoms with E-state index >= 15 is 0 Å². The van der Waals surface area contributed by atoms with E-state index in [0.29, 0.717) is 17.9 Å². The summed E-state index contributed by atoms with van der Waals surface area (Å²) in [6.07, 6.45) is 0.687. The number of carboxylic acid groups (broad SMARTS) is 2. The quantitative estimate of drug-likeness (QED) is 0.620. The molecule has 2 rings (SSSR count). The van der Waals surface area contributed by atoms with Gasteiger partial charge in [-0.05, 0) is 36.1 Å². The van der Waals surface area contributed by atoms with Crippen molar-refractivity contribution >= 4 is 23.5 Å². The van der Waals surface area contributed by atoms with Gasteiger partial charge in [-0.2, -0.15) is 0 Å². The number of benzene rings is 2. The van der Waals surface area contributed by atoms with Crippen LogP contribution < -0.4 is 11.5 Å². The van der Waals surface area contributed by atoms with Crippen LogP contribution in [0.25, 0.3) is 0 Å². The Morgan fingerprint density at radius 2 is 1.32 bits per heavy atom. The molecular formula is C18H21ClN2O4. The molecule has 0 bridgehead atoms. The predicted molar refractivity (Wildman–Crippen MR) is 96.5 cm³/mol. The van der Waals surface area contributed by atoms with Crippen LogP contribution in [0.15, 0.2) is 54.6 Å². The molecule has 0 saturated carbocycles. The Morgan fingerprint density at radius 3 is 1.80 bits per heavy atom. The topological polar surface area (TPSA) is 127 Å². The van der Waals surface area contributed by atoms with Gasteiger partial charge in [-0.15, -0.1) is 0 Å². The lowest BCUT2D eigenvalue weighted by molar-refractivity contribution is -0.139. The summed E-state index contributed by atoms with van der Waals surface area (Å²) in [5.41, 5.74) is 12.5. The van der Waals surface area contributed by atoms with E-state index in [-0.39, 0.29) is 0 Å². The van der Waals surface area contributed by atoms with Crippen LogP contribution in [0.3, 0.4) is 0 Å². The summed E-state index contributed by atoms with van der Waals surface area (Å²) in [6.45, 7) is 0. The third-order valence-corrected chi connectivity index (χ3v) is 3.51. The molecule has 0 saturated heterocycles. The van der Waals surface area contributed by atoms with Crippen LogP contribution in [-0.2, 0) is 22.4 Å². The first-order chi connectivity index (χ1) is 11.8. The van der Waals surface area contributed by atoms with E-state index in [1.807, 2.05) is 30.3 Å². The van der Waals surface area contributed by atoms with Crippen molar-refractivity contribution in [2.45, 2.75) is 24.9 Å². The lowest BCUT2D eigenvalue weighted by Crippen LogP contribution is -2.32. The van der Waals surface area contributed by atoms with Crippen LogP contribution >= 0.6 is 11.6 Å². The molecule has 6 N–H and O–H groups in total. The fourth-order valence-corrected chi connectivity index (χ4v) is 2.17. The molecule has 2 aromatic rings. The summed E-state index contributed by atoms with van der Waals surface area (Å²) in [5, 5.41) is 17.7. The lowest BCUT2D eigenvalue weighted by atomic mass is 10.1. The third-order valence-electron chi connectivity index (χ3n) is 3.28. The molecule has 0 aliphatic rings. The maximum Gasteiger partial charge on any atom is 0.320 e. The van der Waals surface area contributed by atoms with Gasteiger partial charge in [-0.1, -0.05) is 54.1 Å². The Kier molecular flexibility index (Phi) is 8.63. The summed E-state index contributed by atoms with van der Waals surface area (Å²) in [6, 6.07) is 14.7. The molecule has 0 aliphatic heterocycles. The van der Waals surface area contributed by atoms with Gasteiger partial charge in [0.1, 0.15) is 12.1 Å². The summed E-state index contributed by atoms with van der Waals surface area (Å²) in [4.78, 5) is 20.8. The zero-order valence-electron chi connectivity index (χ0n) is 13.5. The van der Waals surface area contributed by atoms with E-state index in [1.165, 1.54) is 0 Å². The molecule has 134 valence electrons. The maximum absolute atomic E-state index is 10.4. The monoisotopic (exact) mass is 364 g/mol. The molecule has 6 nitrogen and oxygen atoms in total. The fourth-order valence-electron chi connectivity index (χ4n) is 1.96. The summed E-state index contributed by atoms with van der Waals surface area (Å²) in [5.74, 6) is -1.96. The standard InChI is InChI=1S/C9H10ClNO2.C9H11NO2/c10-7-3-1-2-6(4-7)5-8(11)9(12)13;10-8(9(11)12)6-7-4-2-1-3-5-7/h1-4,8H,5,11H2,(H,12,13);1-5,8H,6,10H2,(H,11,12)/t2*8-/m00/s1. The largest absolute Gasteiger partial charge is 0.480 e. The average molecular weight is 365 g/mol. The molecule has 0 spiro atoms. The van der Waals surface area contributed by atoms with Gasteiger partial charge in [0.05, 0.1) is 0 Å². The van der Waals surface area contributed by atoms with Crippen LogP contribution in [0.5, 0.6) is 0 Å². The molecular weight excluding hydrogens is 344 g/mol. The Labute approximate surface area is 151 Å². The van der Waals surface area contributed by atoms with Gasteiger partial charge in [0.15, 0.2) is 0 Å². The van der Waals surface area contributed by atoms with Gasteiger partial charge < -0.3 is 21.7 Å². The number of rotatable bonds is 6. The van der Waals surface area contributed by atoms with Crippen LogP contribution in [0, 0.1) is 0 Å². The first-order valence-corrected chi connectivity index (χ1v) is 7.92. The minimum absolute atomic E-state index is 0.301. The van der Waals surface area contributed by atoms with E-state index < -0.39 is 24.0 Å². The van der Waals surface area contributed by atoms with Crippen LogP contribution in [-0.4, -0.2) is 34.2 Å². The van der Waals surface area contributed by atoms with E-state index in [1.54, 1.807) is 24.3 Å². The van der Waals surface area contributed by atoms with Crippen molar-refractivity contribution in [1.82, 2.24) is 0 Å². The highest BCUT2D eigenvalue weighted by molar-refractivity contribution is 6.30. The SMILES string of the molecule is N[C@@H](Cc1cccc(Cl)c1)C(=O)O.N[C@@H](Cc1ccccc1)C(=O)O. The Bertz CT molecular complexity index is 694. The second kappa shape index (κ2) is 10.5. The third kappa shape index (κ3) is 8.30. The first kappa shape index (κ1) is 20.6.